The molecular formula is C14H11Cl2F3N4O2. The Hall–Kier alpha value is -2.26. The second-order valence-corrected chi connectivity index (χ2v) is 5.55. The zero-order valence-electron chi connectivity index (χ0n) is 12.4. The monoisotopic (exact) mass is 394 g/mol. The molecule has 0 aliphatic heterocycles. The molecule has 1 heterocycles. The number of amides is 1. The van der Waals surface area contributed by atoms with E-state index in [0.29, 0.717) is 9.70 Å². The number of alkyl halides is 3. The van der Waals surface area contributed by atoms with E-state index in [1.54, 1.807) is 6.07 Å². The molecule has 2 aromatic rings. The van der Waals surface area contributed by atoms with Crippen LogP contribution in [0.4, 0.5) is 13.2 Å². The molecule has 134 valence electrons. The molecule has 1 N–H and O–H groups in total. The van der Waals surface area contributed by atoms with E-state index in [9.17, 15) is 18.0 Å². The number of benzene rings is 1. The summed E-state index contributed by atoms with van der Waals surface area (Å²) >= 11 is 11.7. The van der Waals surface area contributed by atoms with E-state index in [0.717, 1.165) is 12.4 Å². The van der Waals surface area contributed by atoms with Crippen LogP contribution in [0.15, 0.2) is 35.6 Å². The molecule has 0 radical (unpaired) electrons. The fourth-order valence-corrected chi connectivity index (χ4v) is 1.99. The first kappa shape index (κ1) is 19.1. The van der Waals surface area contributed by atoms with Crippen LogP contribution in [0.25, 0.3) is 0 Å². The number of aromatic nitrogens is 2. The van der Waals surface area contributed by atoms with Crippen molar-refractivity contribution in [1.29, 1.82) is 0 Å². The minimum atomic E-state index is -4.37. The summed E-state index contributed by atoms with van der Waals surface area (Å²) in [5.74, 6) is -0.360. The van der Waals surface area contributed by atoms with Crippen molar-refractivity contribution in [2.24, 2.45) is 5.10 Å². The van der Waals surface area contributed by atoms with E-state index in [4.69, 9.17) is 27.9 Å². The average Bonchev–Trinajstić information content (AvgIpc) is 2.93. The minimum Gasteiger partial charge on any atom is -0.482 e. The number of carbonyl (C=O) groups excluding carboxylic acids is 1. The van der Waals surface area contributed by atoms with Crippen LogP contribution in [0.5, 0.6) is 5.75 Å². The van der Waals surface area contributed by atoms with Crippen molar-refractivity contribution in [1.82, 2.24) is 15.2 Å². The van der Waals surface area contributed by atoms with E-state index < -0.39 is 18.6 Å². The topological polar surface area (TPSA) is 68.5 Å². The summed E-state index contributed by atoms with van der Waals surface area (Å²) in [6, 6.07) is 5.86. The predicted octanol–water partition coefficient (Wildman–Crippen LogP) is 3.28. The van der Waals surface area contributed by atoms with Gasteiger partial charge in [0.25, 0.3) is 5.91 Å². The van der Waals surface area contributed by atoms with Gasteiger partial charge in [-0.05, 0) is 18.2 Å². The lowest BCUT2D eigenvalue weighted by atomic mass is 10.3. The molecule has 1 aromatic heterocycles. The first-order valence-electron chi connectivity index (χ1n) is 6.73. The average molecular weight is 395 g/mol. The number of nitrogens with zero attached hydrogens (tertiary/aromatic N) is 3. The third-order valence-electron chi connectivity index (χ3n) is 2.64. The van der Waals surface area contributed by atoms with E-state index in [1.807, 2.05) is 0 Å². The van der Waals surface area contributed by atoms with Crippen LogP contribution in [0.1, 0.15) is 5.69 Å². The Labute approximate surface area is 150 Å². The lowest BCUT2D eigenvalue weighted by Crippen LogP contribution is -2.24. The molecule has 0 aliphatic rings. The summed E-state index contributed by atoms with van der Waals surface area (Å²) in [5.41, 5.74) is 2.31. The van der Waals surface area contributed by atoms with Crippen LogP contribution >= 0.6 is 23.2 Å². The number of carbonyl (C=O) groups is 1. The normalized spacial score (nSPS) is 11.7. The number of hydrazone groups is 1. The van der Waals surface area contributed by atoms with Gasteiger partial charge in [-0.25, -0.2) is 5.43 Å². The maximum atomic E-state index is 12.2. The van der Waals surface area contributed by atoms with Gasteiger partial charge in [0, 0.05) is 17.3 Å². The molecule has 0 saturated heterocycles. The lowest BCUT2D eigenvalue weighted by Gasteiger charge is -2.07. The first-order valence-corrected chi connectivity index (χ1v) is 7.48. The van der Waals surface area contributed by atoms with Gasteiger partial charge in [0.15, 0.2) is 6.61 Å². The molecule has 1 amide bonds. The van der Waals surface area contributed by atoms with Gasteiger partial charge in [0.1, 0.15) is 18.0 Å². The van der Waals surface area contributed by atoms with Gasteiger partial charge >= 0.3 is 6.18 Å². The molecule has 1 aromatic carbocycles. The van der Waals surface area contributed by atoms with Gasteiger partial charge in [-0.2, -0.15) is 23.4 Å². The van der Waals surface area contributed by atoms with Crippen LogP contribution < -0.4 is 10.2 Å². The van der Waals surface area contributed by atoms with Crippen molar-refractivity contribution >= 4 is 35.3 Å². The van der Waals surface area contributed by atoms with Crippen LogP contribution in [0.3, 0.4) is 0 Å². The minimum absolute atomic E-state index is 0.156. The second-order valence-electron chi connectivity index (χ2n) is 4.71. The lowest BCUT2D eigenvalue weighted by molar-refractivity contribution is -0.142. The third kappa shape index (κ3) is 6.63. The van der Waals surface area contributed by atoms with Gasteiger partial charge in [0.2, 0.25) is 0 Å². The van der Waals surface area contributed by atoms with Gasteiger partial charge in [-0.1, -0.05) is 23.2 Å². The molecule has 0 spiro atoms. The Bertz CT molecular complexity index is 778. The molecule has 6 nitrogen and oxygen atoms in total. The SMILES string of the molecule is O=C(COc1cc(Cl)ccc1Cl)NN=Cc1ccn(CC(F)(F)F)n1. The Morgan fingerprint density at radius 3 is 2.84 bits per heavy atom. The number of hydrogen-bond donors (Lipinski definition) is 1. The quantitative estimate of drug-likeness (QED) is 0.603. The number of ether oxygens (including phenoxy) is 1. The standard InChI is InChI=1S/C14H11Cl2F3N4O2/c15-9-1-2-11(16)12(5-9)25-7-13(24)21-20-6-10-3-4-23(22-10)8-14(17,18)19/h1-6H,7-8H2,(H,21,24). The molecular weight excluding hydrogens is 384 g/mol. The van der Waals surface area contributed by atoms with Gasteiger partial charge in [0.05, 0.1) is 11.2 Å². The molecule has 0 bridgehead atoms. The van der Waals surface area contributed by atoms with Gasteiger partial charge in [-0.15, -0.1) is 0 Å². The summed E-state index contributed by atoms with van der Waals surface area (Å²) in [6.07, 6.45) is -2.11. The van der Waals surface area contributed by atoms with Crippen molar-refractivity contribution in [2.75, 3.05) is 6.61 Å². The molecule has 0 unspecified atom stereocenters. The van der Waals surface area contributed by atoms with E-state index in [2.05, 4.69) is 15.6 Å². The zero-order chi connectivity index (χ0) is 18.4. The van der Waals surface area contributed by atoms with Crippen LogP contribution in [-0.2, 0) is 11.3 Å². The van der Waals surface area contributed by atoms with Crippen molar-refractivity contribution < 1.29 is 22.7 Å². The highest BCUT2D eigenvalue weighted by molar-refractivity contribution is 6.34. The number of nitrogens with one attached hydrogen (secondary N) is 1. The Kier molecular flexibility index (Phi) is 6.27. The molecule has 2 rings (SSSR count). The van der Waals surface area contributed by atoms with Crippen LogP contribution in [-0.4, -0.2) is 34.7 Å². The third-order valence-corrected chi connectivity index (χ3v) is 3.19. The highest BCUT2D eigenvalue weighted by Gasteiger charge is 2.28. The molecule has 25 heavy (non-hydrogen) atoms. The predicted molar refractivity (Wildman–Crippen MR) is 86.0 cm³/mol. The number of hydrogen-bond acceptors (Lipinski definition) is 4. The number of halogens is 5. The van der Waals surface area contributed by atoms with Crippen molar-refractivity contribution in [3.05, 3.63) is 46.2 Å². The fourth-order valence-electron chi connectivity index (χ4n) is 1.65. The van der Waals surface area contributed by atoms with Gasteiger partial charge < -0.3 is 4.74 Å². The van der Waals surface area contributed by atoms with Crippen molar-refractivity contribution in [3.8, 4) is 5.75 Å². The van der Waals surface area contributed by atoms with Crippen LogP contribution in [0, 0.1) is 0 Å². The highest BCUT2D eigenvalue weighted by atomic mass is 35.5. The van der Waals surface area contributed by atoms with E-state index in [1.165, 1.54) is 18.2 Å². The Morgan fingerprint density at radius 2 is 2.12 bits per heavy atom. The maximum absolute atomic E-state index is 12.2. The Balaban J connectivity index is 1.81. The molecule has 11 heteroatoms. The largest absolute Gasteiger partial charge is 0.482 e. The maximum Gasteiger partial charge on any atom is 0.408 e. The van der Waals surface area contributed by atoms with Crippen molar-refractivity contribution in [3.63, 3.8) is 0 Å². The van der Waals surface area contributed by atoms with E-state index in [-0.39, 0.29) is 23.1 Å². The summed E-state index contributed by atoms with van der Waals surface area (Å²) in [7, 11) is 0. The summed E-state index contributed by atoms with van der Waals surface area (Å²) < 4.78 is 42.5. The van der Waals surface area contributed by atoms with Crippen LogP contribution in [0.2, 0.25) is 10.0 Å². The molecule has 0 fully saturated rings. The molecule has 0 aliphatic carbocycles. The zero-order valence-corrected chi connectivity index (χ0v) is 13.9. The number of rotatable bonds is 6. The first-order chi connectivity index (χ1) is 11.7. The fraction of sp³-hybridized carbons (Fsp3) is 0.214. The molecule has 0 atom stereocenters. The summed E-state index contributed by atoms with van der Waals surface area (Å²) in [4.78, 5) is 11.6. The Morgan fingerprint density at radius 1 is 1.36 bits per heavy atom. The molecule has 0 saturated carbocycles. The highest BCUT2D eigenvalue weighted by Crippen LogP contribution is 2.27. The summed E-state index contributed by atoms with van der Waals surface area (Å²) in [5, 5.41) is 7.91. The van der Waals surface area contributed by atoms with E-state index >= 15 is 0 Å². The summed E-state index contributed by atoms with van der Waals surface area (Å²) in [6.45, 7) is -1.58. The smallest absolute Gasteiger partial charge is 0.408 e. The second kappa shape index (κ2) is 8.21. The van der Waals surface area contributed by atoms with Crippen molar-refractivity contribution in [2.45, 2.75) is 12.7 Å². The van der Waals surface area contributed by atoms with Gasteiger partial charge in [-0.3, -0.25) is 9.48 Å².